The van der Waals surface area contributed by atoms with Crippen LogP contribution in [0.1, 0.15) is 10.4 Å². The van der Waals surface area contributed by atoms with E-state index >= 15 is 0 Å². The number of rotatable bonds is 6. The van der Waals surface area contributed by atoms with E-state index in [1.54, 1.807) is 42.5 Å². The first kappa shape index (κ1) is 21.8. The first-order valence-electron chi connectivity index (χ1n) is 8.36. The molecule has 3 aromatic rings. The maximum Gasteiger partial charge on any atom is 0.336 e. The average molecular weight is 472 g/mol. The van der Waals surface area contributed by atoms with E-state index in [0.29, 0.717) is 42.3 Å². The average Bonchev–Trinajstić information content (AvgIpc) is 2.63. The van der Waals surface area contributed by atoms with Crippen LogP contribution in [0.25, 0.3) is 22.3 Å². The smallest absolute Gasteiger partial charge is 0.336 e. The van der Waals surface area contributed by atoms with Crippen LogP contribution in [-0.4, -0.2) is 29.4 Å². The number of aliphatic hydroxyl groups excluding tert-OH is 1. The molecule has 0 atom stereocenters. The second kappa shape index (κ2) is 9.24. The van der Waals surface area contributed by atoms with Crippen LogP contribution >= 0.6 is 46.4 Å². The lowest BCUT2D eigenvalue weighted by Gasteiger charge is -2.17. The molecule has 0 aromatic heterocycles. The van der Waals surface area contributed by atoms with Gasteiger partial charge in [0.1, 0.15) is 12.4 Å². The molecule has 150 valence electrons. The number of hydrogen-bond acceptors (Lipinski definition) is 3. The Bertz CT molecular complexity index is 1040. The Kier molecular flexibility index (Phi) is 6.93. The van der Waals surface area contributed by atoms with Crippen LogP contribution in [0, 0.1) is 0 Å². The summed E-state index contributed by atoms with van der Waals surface area (Å²) in [6, 6.07) is 12.8. The molecule has 8 heteroatoms. The van der Waals surface area contributed by atoms with Gasteiger partial charge in [0.15, 0.2) is 0 Å². The molecule has 0 aliphatic rings. The van der Waals surface area contributed by atoms with Crippen LogP contribution < -0.4 is 4.74 Å². The van der Waals surface area contributed by atoms with Crippen molar-refractivity contribution < 1.29 is 19.7 Å². The largest absolute Gasteiger partial charge is 0.491 e. The second-order valence-corrected chi connectivity index (χ2v) is 7.83. The summed E-state index contributed by atoms with van der Waals surface area (Å²) in [6.45, 7) is -0.205. The predicted molar refractivity (Wildman–Crippen MR) is 117 cm³/mol. The lowest BCUT2D eigenvalue weighted by atomic mass is 9.90. The number of carboxylic acid groups (broad SMARTS) is 1. The van der Waals surface area contributed by atoms with Crippen molar-refractivity contribution in [3.8, 4) is 28.0 Å². The van der Waals surface area contributed by atoms with Crippen molar-refractivity contribution in [1.82, 2.24) is 0 Å². The van der Waals surface area contributed by atoms with Gasteiger partial charge in [-0.25, -0.2) is 4.79 Å². The van der Waals surface area contributed by atoms with Crippen LogP contribution in [0.5, 0.6) is 5.75 Å². The van der Waals surface area contributed by atoms with Gasteiger partial charge >= 0.3 is 5.97 Å². The first-order chi connectivity index (χ1) is 13.8. The van der Waals surface area contributed by atoms with Crippen molar-refractivity contribution in [2.45, 2.75) is 0 Å². The quantitative estimate of drug-likeness (QED) is 0.419. The topological polar surface area (TPSA) is 66.8 Å². The number of aliphatic hydroxyl groups is 1. The van der Waals surface area contributed by atoms with E-state index in [4.69, 9.17) is 56.2 Å². The molecule has 4 nitrogen and oxygen atoms in total. The monoisotopic (exact) mass is 470 g/mol. The van der Waals surface area contributed by atoms with Crippen molar-refractivity contribution in [3.05, 3.63) is 74.2 Å². The summed E-state index contributed by atoms with van der Waals surface area (Å²) in [5.74, 6) is -0.889. The van der Waals surface area contributed by atoms with Crippen LogP contribution in [0.4, 0.5) is 0 Å². The highest BCUT2D eigenvalue weighted by Crippen LogP contribution is 2.41. The van der Waals surface area contributed by atoms with Gasteiger partial charge in [-0.2, -0.15) is 0 Å². The molecular weight excluding hydrogens is 458 g/mol. The fraction of sp³-hybridized carbons (Fsp3) is 0.0952. The van der Waals surface area contributed by atoms with Gasteiger partial charge in [-0.1, -0.05) is 46.4 Å². The van der Waals surface area contributed by atoms with Gasteiger partial charge in [0.2, 0.25) is 0 Å². The first-order valence-corrected chi connectivity index (χ1v) is 9.87. The fourth-order valence-corrected chi connectivity index (χ4v) is 4.03. The summed E-state index contributed by atoms with van der Waals surface area (Å²) >= 11 is 24.6. The van der Waals surface area contributed by atoms with Crippen LogP contribution in [-0.2, 0) is 0 Å². The van der Waals surface area contributed by atoms with Crippen molar-refractivity contribution in [2.75, 3.05) is 13.2 Å². The Morgan fingerprint density at radius 2 is 1.31 bits per heavy atom. The van der Waals surface area contributed by atoms with Crippen LogP contribution in [0.3, 0.4) is 0 Å². The van der Waals surface area contributed by atoms with E-state index < -0.39 is 5.97 Å². The Hall–Kier alpha value is -1.95. The van der Waals surface area contributed by atoms with Gasteiger partial charge in [0.25, 0.3) is 0 Å². The highest BCUT2D eigenvalue weighted by molar-refractivity contribution is 6.36. The molecule has 0 aliphatic heterocycles. The number of benzene rings is 3. The molecule has 0 aliphatic carbocycles. The number of carbonyl (C=O) groups is 1. The third-order valence-electron chi connectivity index (χ3n) is 4.03. The van der Waals surface area contributed by atoms with Gasteiger partial charge in [0.05, 0.1) is 12.2 Å². The lowest BCUT2D eigenvalue weighted by molar-refractivity contribution is 0.0697. The van der Waals surface area contributed by atoms with Crippen molar-refractivity contribution in [2.24, 2.45) is 0 Å². The summed E-state index contributed by atoms with van der Waals surface area (Å²) in [4.78, 5) is 12.1. The number of aromatic carboxylic acids is 1. The zero-order chi connectivity index (χ0) is 21.1. The molecule has 2 N–H and O–H groups in total. The standard InChI is InChI=1S/C21H14Cl4O4/c22-13-3-11(4-14(23)7-13)18-9-17(29-2-1-26)10-19(21(27)28)20(18)12-5-15(24)8-16(25)6-12/h3-10,26H,1-2H2,(H,27,28). The minimum atomic E-state index is -1.17. The predicted octanol–water partition coefficient (Wildman–Crippen LogP) is 6.70. The Balaban J connectivity index is 2.38. The second-order valence-electron chi connectivity index (χ2n) is 6.09. The minimum Gasteiger partial charge on any atom is -0.491 e. The number of halogens is 4. The molecule has 3 aromatic carbocycles. The third-order valence-corrected chi connectivity index (χ3v) is 4.90. The molecule has 0 saturated heterocycles. The molecule has 0 radical (unpaired) electrons. The summed E-state index contributed by atoms with van der Waals surface area (Å²) < 4.78 is 5.48. The number of carboxylic acids is 1. The molecule has 0 amide bonds. The van der Waals surface area contributed by atoms with E-state index in [1.807, 2.05) is 0 Å². The molecular formula is C21H14Cl4O4. The van der Waals surface area contributed by atoms with Crippen molar-refractivity contribution in [3.63, 3.8) is 0 Å². The molecule has 0 unspecified atom stereocenters. The molecule has 3 rings (SSSR count). The van der Waals surface area contributed by atoms with E-state index in [1.165, 1.54) is 6.07 Å². The highest BCUT2D eigenvalue weighted by Gasteiger charge is 2.21. The normalized spacial score (nSPS) is 10.8. The molecule has 0 bridgehead atoms. The summed E-state index contributed by atoms with van der Waals surface area (Å²) in [7, 11) is 0. The maximum absolute atomic E-state index is 12.1. The van der Waals surface area contributed by atoms with E-state index in [2.05, 4.69) is 0 Å². The SMILES string of the molecule is O=C(O)c1cc(OCCO)cc(-c2cc(Cl)cc(Cl)c2)c1-c1cc(Cl)cc(Cl)c1. The summed E-state index contributed by atoms with van der Waals surface area (Å²) in [5, 5.41) is 20.4. The Morgan fingerprint density at radius 1 is 0.793 bits per heavy atom. The Morgan fingerprint density at radius 3 is 1.79 bits per heavy atom. The van der Waals surface area contributed by atoms with E-state index in [9.17, 15) is 9.90 Å². The number of hydrogen-bond donors (Lipinski definition) is 2. The van der Waals surface area contributed by atoms with Crippen molar-refractivity contribution in [1.29, 1.82) is 0 Å². The zero-order valence-corrected chi connectivity index (χ0v) is 17.8. The van der Waals surface area contributed by atoms with E-state index in [-0.39, 0.29) is 24.5 Å². The summed E-state index contributed by atoms with van der Waals surface area (Å²) in [5.41, 5.74) is 1.98. The van der Waals surface area contributed by atoms with Gasteiger partial charge in [-0.15, -0.1) is 0 Å². The van der Waals surface area contributed by atoms with Crippen LogP contribution in [0.2, 0.25) is 20.1 Å². The molecule has 0 spiro atoms. The zero-order valence-electron chi connectivity index (χ0n) is 14.8. The van der Waals surface area contributed by atoms with Gasteiger partial charge in [-0.05, 0) is 65.2 Å². The molecule has 0 fully saturated rings. The molecule has 0 saturated carbocycles. The molecule has 29 heavy (non-hydrogen) atoms. The van der Waals surface area contributed by atoms with Crippen molar-refractivity contribution >= 4 is 52.4 Å². The third kappa shape index (κ3) is 5.16. The molecule has 0 heterocycles. The van der Waals surface area contributed by atoms with Gasteiger partial charge < -0.3 is 14.9 Å². The number of ether oxygens (including phenoxy) is 1. The fourth-order valence-electron chi connectivity index (χ4n) is 2.98. The highest BCUT2D eigenvalue weighted by atomic mass is 35.5. The van der Waals surface area contributed by atoms with Gasteiger partial charge in [-0.3, -0.25) is 0 Å². The minimum absolute atomic E-state index is 0.0111. The lowest BCUT2D eigenvalue weighted by Crippen LogP contribution is -2.06. The van der Waals surface area contributed by atoms with Gasteiger partial charge in [0, 0.05) is 25.7 Å². The van der Waals surface area contributed by atoms with E-state index in [0.717, 1.165) is 0 Å². The Labute approximate surface area is 187 Å². The summed E-state index contributed by atoms with van der Waals surface area (Å²) in [6.07, 6.45) is 0. The van der Waals surface area contributed by atoms with Crippen LogP contribution in [0.15, 0.2) is 48.5 Å². The maximum atomic E-state index is 12.1.